The van der Waals surface area contributed by atoms with E-state index in [9.17, 15) is 50.4 Å². The maximum Gasteiger partial charge on any atom is 0.335 e. The van der Waals surface area contributed by atoms with E-state index in [2.05, 4.69) is 5.32 Å². The molecule has 0 saturated carbocycles. The Bertz CT molecular complexity index is 916. The van der Waals surface area contributed by atoms with Crippen LogP contribution < -0.4 is 10.1 Å². The lowest BCUT2D eigenvalue weighted by atomic mass is 9.98. The van der Waals surface area contributed by atoms with Gasteiger partial charge in [-0.05, 0) is 24.7 Å². The first-order valence-electron chi connectivity index (χ1n) is 10.9. The van der Waals surface area contributed by atoms with Crippen molar-refractivity contribution in [1.82, 2.24) is 5.32 Å². The molecular formula is C21H29NO14. The number of carbonyl (C=O) groups is 2. The van der Waals surface area contributed by atoms with Crippen molar-refractivity contribution in [2.45, 2.75) is 67.5 Å². The molecule has 202 valence electrons. The van der Waals surface area contributed by atoms with Crippen LogP contribution in [-0.4, -0.2) is 128 Å². The van der Waals surface area contributed by atoms with Crippen LogP contribution in [0.1, 0.15) is 11.7 Å². The number of ether oxygens (including phenoxy) is 4. The number of carboxylic acid groups (broad SMARTS) is 2. The second-order valence-electron chi connectivity index (χ2n) is 8.34. The van der Waals surface area contributed by atoms with Crippen molar-refractivity contribution in [2.75, 3.05) is 13.6 Å². The number of benzene rings is 1. The maximum atomic E-state index is 11.3. The average molecular weight is 519 g/mol. The minimum Gasteiger partial charge on any atom is -0.479 e. The van der Waals surface area contributed by atoms with E-state index < -0.39 is 79.5 Å². The van der Waals surface area contributed by atoms with Crippen molar-refractivity contribution >= 4 is 11.9 Å². The molecule has 36 heavy (non-hydrogen) atoms. The van der Waals surface area contributed by atoms with E-state index in [1.807, 2.05) is 0 Å². The molecule has 15 heteroatoms. The van der Waals surface area contributed by atoms with Crippen LogP contribution in [0.15, 0.2) is 24.3 Å². The summed E-state index contributed by atoms with van der Waals surface area (Å²) in [5, 5.41) is 81.3. The van der Waals surface area contributed by atoms with Crippen molar-refractivity contribution in [1.29, 1.82) is 0 Å². The number of carboxylic acids is 2. The molecule has 1 aromatic rings. The molecule has 2 aliphatic rings. The molecule has 9 N–H and O–H groups in total. The lowest BCUT2D eigenvalue weighted by Gasteiger charge is -2.40. The van der Waals surface area contributed by atoms with Gasteiger partial charge in [0.1, 0.15) is 42.4 Å². The fraction of sp³-hybridized carbons (Fsp3) is 0.619. The monoisotopic (exact) mass is 519 g/mol. The zero-order valence-electron chi connectivity index (χ0n) is 18.9. The minimum atomic E-state index is -1.89. The minimum absolute atomic E-state index is 0.0398. The Morgan fingerprint density at radius 2 is 1.39 bits per heavy atom. The first-order valence-corrected chi connectivity index (χ1v) is 10.9. The van der Waals surface area contributed by atoms with E-state index in [4.69, 9.17) is 18.9 Å². The third-order valence-electron chi connectivity index (χ3n) is 5.80. The summed E-state index contributed by atoms with van der Waals surface area (Å²) in [7, 11) is 1.58. The van der Waals surface area contributed by atoms with Gasteiger partial charge in [0.25, 0.3) is 0 Å². The van der Waals surface area contributed by atoms with Crippen LogP contribution in [0, 0.1) is 0 Å². The first kappa shape index (κ1) is 28.1. The zero-order valence-corrected chi connectivity index (χ0v) is 18.9. The Hall–Kier alpha value is -2.44. The molecule has 15 nitrogen and oxygen atoms in total. The van der Waals surface area contributed by atoms with Gasteiger partial charge in [0.05, 0.1) is 6.10 Å². The molecule has 1 aromatic carbocycles. The molecule has 2 unspecified atom stereocenters. The molecule has 11 atom stereocenters. The van der Waals surface area contributed by atoms with Crippen LogP contribution in [-0.2, 0) is 23.8 Å². The summed E-state index contributed by atoms with van der Waals surface area (Å²) in [6.45, 7) is 0.0982. The maximum absolute atomic E-state index is 11.3. The molecule has 2 saturated heterocycles. The molecular weight excluding hydrogens is 490 g/mol. The van der Waals surface area contributed by atoms with Crippen molar-refractivity contribution in [3.8, 4) is 5.75 Å². The Kier molecular flexibility index (Phi) is 9.18. The smallest absolute Gasteiger partial charge is 0.335 e. The Balaban J connectivity index is 1.78. The number of likely N-dealkylation sites (N-methyl/N-ethyl adjacent to an activating group) is 1. The average Bonchev–Trinajstić information content (AvgIpc) is 2.83. The summed E-state index contributed by atoms with van der Waals surface area (Å²) in [5.41, 5.74) is 0.380. The Morgan fingerprint density at radius 1 is 0.861 bits per heavy atom. The van der Waals surface area contributed by atoms with Gasteiger partial charge in [-0.2, -0.15) is 0 Å². The summed E-state index contributed by atoms with van der Waals surface area (Å²) in [6, 6.07) is 5.90. The number of aliphatic hydroxyl groups excluding tert-OH is 6. The van der Waals surface area contributed by atoms with Gasteiger partial charge >= 0.3 is 11.9 Å². The highest BCUT2D eigenvalue weighted by atomic mass is 16.7. The fourth-order valence-corrected chi connectivity index (χ4v) is 3.83. The van der Waals surface area contributed by atoms with Crippen LogP contribution in [0.25, 0.3) is 0 Å². The number of rotatable bonds is 9. The van der Waals surface area contributed by atoms with E-state index >= 15 is 0 Å². The molecule has 2 fully saturated rings. The standard InChI is InChI=1S/C21H29NO14/c1-22-6-9(34-21-15(28)11(24)13(26)17(36-21)19(31)32)7-3-2-4-8(5-7)33-20-14(27)10(23)12(25)16(35-20)18(29)30/h2-5,9-17,20-28H,6H2,1H3,(H,29,30)(H,31,32)/t9-,10-,11-,12-,13-,14-,15-,16?,17?,20+,21+/m0/s1. The lowest BCUT2D eigenvalue weighted by Crippen LogP contribution is -2.61. The van der Waals surface area contributed by atoms with Gasteiger partial charge in [0.2, 0.25) is 6.29 Å². The summed E-state index contributed by atoms with van der Waals surface area (Å²) >= 11 is 0. The molecule has 0 spiro atoms. The van der Waals surface area contributed by atoms with Gasteiger partial charge in [-0.15, -0.1) is 0 Å². The van der Waals surface area contributed by atoms with Gasteiger partial charge in [0, 0.05) is 6.54 Å². The third-order valence-corrected chi connectivity index (χ3v) is 5.80. The van der Waals surface area contributed by atoms with Crippen LogP contribution in [0.5, 0.6) is 5.75 Å². The molecule has 2 aliphatic heterocycles. The van der Waals surface area contributed by atoms with Crippen LogP contribution >= 0.6 is 0 Å². The van der Waals surface area contributed by atoms with Crippen LogP contribution in [0.2, 0.25) is 0 Å². The van der Waals surface area contributed by atoms with E-state index in [0.717, 1.165) is 0 Å². The van der Waals surface area contributed by atoms with Crippen molar-refractivity contribution in [3.63, 3.8) is 0 Å². The van der Waals surface area contributed by atoms with Gasteiger partial charge in [-0.3, -0.25) is 0 Å². The van der Waals surface area contributed by atoms with Crippen LogP contribution in [0.3, 0.4) is 0 Å². The second-order valence-corrected chi connectivity index (χ2v) is 8.34. The molecule has 0 radical (unpaired) electrons. The molecule has 0 aliphatic carbocycles. The van der Waals surface area contributed by atoms with E-state index in [-0.39, 0.29) is 12.3 Å². The largest absolute Gasteiger partial charge is 0.479 e. The lowest BCUT2D eigenvalue weighted by molar-refractivity contribution is -0.305. The number of hydrogen-bond acceptors (Lipinski definition) is 13. The first-order chi connectivity index (χ1) is 17.0. The van der Waals surface area contributed by atoms with Gasteiger partial charge in [-0.1, -0.05) is 12.1 Å². The van der Waals surface area contributed by atoms with Crippen molar-refractivity contribution < 1.29 is 69.4 Å². The third kappa shape index (κ3) is 5.92. The van der Waals surface area contributed by atoms with Gasteiger partial charge in [0.15, 0.2) is 18.5 Å². The molecule has 3 rings (SSSR count). The molecule has 0 aromatic heterocycles. The van der Waals surface area contributed by atoms with E-state index in [0.29, 0.717) is 5.56 Å². The highest BCUT2D eigenvalue weighted by Crippen LogP contribution is 2.30. The predicted molar refractivity (Wildman–Crippen MR) is 113 cm³/mol. The Morgan fingerprint density at radius 3 is 1.92 bits per heavy atom. The predicted octanol–water partition coefficient (Wildman–Crippen LogP) is -3.87. The zero-order chi connectivity index (χ0) is 26.7. The summed E-state index contributed by atoms with van der Waals surface area (Å²) < 4.78 is 21.5. The van der Waals surface area contributed by atoms with Crippen LogP contribution in [0.4, 0.5) is 0 Å². The Labute approximate surface area is 204 Å². The highest BCUT2D eigenvalue weighted by molar-refractivity contribution is 5.73. The number of aliphatic hydroxyl groups is 6. The normalized spacial score (nSPS) is 37.8. The summed E-state index contributed by atoms with van der Waals surface area (Å²) in [5.74, 6) is -3.10. The summed E-state index contributed by atoms with van der Waals surface area (Å²) in [4.78, 5) is 22.6. The molecule has 2 heterocycles. The number of nitrogens with one attached hydrogen (secondary N) is 1. The van der Waals surface area contributed by atoms with E-state index in [1.54, 1.807) is 13.1 Å². The second kappa shape index (κ2) is 11.7. The highest BCUT2D eigenvalue weighted by Gasteiger charge is 2.49. The number of hydrogen-bond donors (Lipinski definition) is 9. The quantitative estimate of drug-likeness (QED) is 0.151. The topological polar surface area (TPSA) is 245 Å². The van der Waals surface area contributed by atoms with Gasteiger partial charge in [-0.25, -0.2) is 9.59 Å². The van der Waals surface area contributed by atoms with E-state index in [1.165, 1.54) is 18.2 Å². The SMILES string of the molecule is CNC[C@H](O[C@@H]1OC(C(=O)O)[C@@H](O)[C@H](O)[C@@H]1O)c1cccc(O[C@@H]2OC(C(=O)O)[C@@H](O)[C@H](O)[C@@H]2O)c1. The van der Waals surface area contributed by atoms with Crippen molar-refractivity contribution in [2.24, 2.45) is 0 Å². The summed E-state index contributed by atoms with van der Waals surface area (Å²) in [6.07, 6.45) is -19.0. The van der Waals surface area contributed by atoms with Crippen molar-refractivity contribution in [3.05, 3.63) is 29.8 Å². The van der Waals surface area contributed by atoms with Gasteiger partial charge < -0.3 is 65.1 Å². The number of aliphatic carboxylic acids is 2. The molecule has 0 amide bonds. The molecule has 0 bridgehead atoms. The fourth-order valence-electron chi connectivity index (χ4n) is 3.83.